The molecule has 0 N–H and O–H groups in total. The van der Waals surface area contributed by atoms with Crippen LogP contribution in [0.3, 0.4) is 0 Å². The third-order valence-corrected chi connectivity index (χ3v) is 8.23. The van der Waals surface area contributed by atoms with Gasteiger partial charge in [-0.1, -0.05) is 46.5 Å². The molecule has 0 radical (unpaired) electrons. The van der Waals surface area contributed by atoms with Gasteiger partial charge in [-0.2, -0.15) is 0 Å². The van der Waals surface area contributed by atoms with Crippen LogP contribution in [0.2, 0.25) is 18.1 Å². The SMILES string of the molecule is C#CC(CCCCC)O[Si](CC)(CC)CC. The van der Waals surface area contributed by atoms with Crippen molar-refractivity contribution in [1.82, 2.24) is 0 Å². The van der Waals surface area contributed by atoms with Crippen molar-refractivity contribution in [3.63, 3.8) is 0 Å². The maximum absolute atomic E-state index is 6.28. The van der Waals surface area contributed by atoms with Crippen LogP contribution < -0.4 is 0 Å². The summed E-state index contributed by atoms with van der Waals surface area (Å²) in [5.41, 5.74) is 0. The Kier molecular flexibility index (Phi) is 8.69. The number of rotatable bonds is 9. The highest BCUT2D eigenvalue weighted by Gasteiger charge is 2.31. The van der Waals surface area contributed by atoms with E-state index < -0.39 is 8.32 Å². The number of hydrogen-bond acceptors (Lipinski definition) is 1. The normalized spacial score (nSPS) is 13.4. The summed E-state index contributed by atoms with van der Waals surface area (Å²) in [6.45, 7) is 8.96. The van der Waals surface area contributed by atoms with Crippen LogP contribution in [0.5, 0.6) is 0 Å². The van der Waals surface area contributed by atoms with Gasteiger partial charge in [-0.3, -0.25) is 0 Å². The van der Waals surface area contributed by atoms with Gasteiger partial charge in [-0.05, 0) is 31.0 Å². The molecule has 1 unspecified atom stereocenters. The highest BCUT2D eigenvalue weighted by Crippen LogP contribution is 2.24. The molecule has 0 aromatic heterocycles. The zero-order valence-electron chi connectivity index (χ0n) is 11.5. The molecule has 0 saturated carbocycles. The summed E-state index contributed by atoms with van der Waals surface area (Å²) in [5, 5.41) is 0. The molecule has 1 nitrogen and oxygen atoms in total. The molecule has 2 heteroatoms. The molecule has 0 aromatic carbocycles. The molecule has 16 heavy (non-hydrogen) atoms. The first-order valence-corrected chi connectivity index (χ1v) is 9.34. The Bertz CT molecular complexity index is 195. The molecule has 0 spiro atoms. The van der Waals surface area contributed by atoms with Crippen LogP contribution in [0.4, 0.5) is 0 Å². The Hall–Kier alpha value is -0.263. The summed E-state index contributed by atoms with van der Waals surface area (Å²) in [4.78, 5) is 0. The molecule has 94 valence electrons. The highest BCUT2D eigenvalue weighted by atomic mass is 28.4. The minimum atomic E-state index is -1.50. The summed E-state index contributed by atoms with van der Waals surface area (Å²) < 4.78 is 6.28. The quantitative estimate of drug-likeness (QED) is 0.325. The lowest BCUT2D eigenvalue weighted by atomic mass is 10.1. The third kappa shape index (κ3) is 5.18. The molecular formula is C14H28OSi. The van der Waals surface area contributed by atoms with Gasteiger partial charge in [-0.15, -0.1) is 6.42 Å². The van der Waals surface area contributed by atoms with Crippen LogP contribution in [0.15, 0.2) is 0 Å². The molecule has 1 atom stereocenters. The molecule has 0 amide bonds. The second-order valence-electron chi connectivity index (χ2n) is 4.51. The maximum atomic E-state index is 6.28. The summed E-state index contributed by atoms with van der Waals surface area (Å²) in [6.07, 6.45) is 10.4. The maximum Gasteiger partial charge on any atom is 0.193 e. The van der Waals surface area contributed by atoms with E-state index in [-0.39, 0.29) is 6.10 Å². The van der Waals surface area contributed by atoms with Crippen LogP contribution in [0.25, 0.3) is 0 Å². The Balaban J connectivity index is 4.22. The summed E-state index contributed by atoms with van der Waals surface area (Å²) in [7, 11) is -1.50. The molecule has 0 rings (SSSR count). The highest BCUT2D eigenvalue weighted by molar-refractivity contribution is 6.73. The van der Waals surface area contributed by atoms with Crippen molar-refractivity contribution in [1.29, 1.82) is 0 Å². The monoisotopic (exact) mass is 240 g/mol. The first kappa shape index (κ1) is 15.7. The van der Waals surface area contributed by atoms with Gasteiger partial charge < -0.3 is 4.43 Å². The van der Waals surface area contributed by atoms with Crippen LogP contribution in [-0.4, -0.2) is 14.4 Å². The van der Waals surface area contributed by atoms with Crippen molar-refractivity contribution in [3.05, 3.63) is 0 Å². The fourth-order valence-corrected chi connectivity index (χ4v) is 4.85. The Morgan fingerprint density at radius 3 is 2.00 bits per heavy atom. The van der Waals surface area contributed by atoms with E-state index in [4.69, 9.17) is 10.8 Å². The van der Waals surface area contributed by atoms with Gasteiger partial charge in [0.05, 0.1) is 0 Å². The van der Waals surface area contributed by atoms with E-state index in [1.807, 2.05) is 0 Å². The first-order valence-electron chi connectivity index (χ1n) is 6.81. The molecule has 0 aliphatic rings. The Morgan fingerprint density at radius 2 is 1.62 bits per heavy atom. The van der Waals surface area contributed by atoms with Gasteiger partial charge in [0.1, 0.15) is 6.10 Å². The number of terminal acetylenes is 1. The minimum absolute atomic E-state index is 0.0677. The van der Waals surface area contributed by atoms with E-state index in [2.05, 4.69) is 33.6 Å². The van der Waals surface area contributed by atoms with Gasteiger partial charge in [0.15, 0.2) is 8.32 Å². The fraction of sp³-hybridized carbons (Fsp3) is 0.857. The van der Waals surface area contributed by atoms with Crippen molar-refractivity contribution in [3.8, 4) is 12.3 Å². The lowest BCUT2D eigenvalue weighted by Gasteiger charge is -2.31. The van der Waals surface area contributed by atoms with Crippen molar-refractivity contribution < 1.29 is 4.43 Å². The van der Waals surface area contributed by atoms with E-state index >= 15 is 0 Å². The van der Waals surface area contributed by atoms with E-state index in [0.29, 0.717) is 0 Å². The van der Waals surface area contributed by atoms with Crippen molar-refractivity contribution in [2.75, 3.05) is 0 Å². The molecular weight excluding hydrogens is 212 g/mol. The first-order chi connectivity index (χ1) is 7.67. The smallest absolute Gasteiger partial charge is 0.193 e. The number of unbranched alkanes of at least 4 members (excludes halogenated alkanes) is 2. The predicted molar refractivity (Wildman–Crippen MR) is 75.0 cm³/mol. The standard InChI is InChI=1S/C14H28OSi/c1-6-11-12-13-14(7-2)15-16(8-3,9-4)10-5/h2,14H,6,8-13H2,1,3-5H3. The van der Waals surface area contributed by atoms with Crippen LogP contribution >= 0.6 is 0 Å². The average molecular weight is 240 g/mol. The summed E-state index contributed by atoms with van der Waals surface area (Å²) >= 11 is 0. The largest absolute Gasteiger partial charge is 0.403 e. The van der Waals surface area contributed by atoms with Crippen molar-refractivity contribution in [2.24, 2.45) is 0 Å². The van der Waals surface area contributed by atoms with Crippen LogP contribution in [0, 0.1) is 12.3 Å². The lowest BCUT2D eigenvalue weighted by molar-refractivity contribution is 0.227. The van der Waals surface area contributed by atoms with Gasteiger partial charge in [0, 0.05) is 0 Å². The summed E-state index contributed by atoms with van der Waals surface area (Å²) in [6, 6.07) is 3.56. The second-order valence-corrected chi connectivity index (χ2v) is 9.24. The predicted octanol–water partition coefficient (Wildman–Crippen LogP) is 4.59. The van der Waals surface area contributed by atoms with Crippen molar-refractivity contribution >= 4 is 8.32 Å². The van der Waals surface area contributed by atoms with Crippen LogP contribution in [-0.2, 0) is 4.43 Å². The van der Waals surface area contributed by atoms with E-state index in [1.54, 1.807) is 0 Å². The van der Waals surface area contributed by atoms with Gasteiger partial charge in [0.25, 0.3) is 0 Å². The van der Waals surface area contributed by atoms with Crippen LogP contribution in [0.1, 0.15) is 53.4 Å². The zero-order chi connectivity index (χ0) is 12.4. The minimum Gasteiger partial charge on any atom is -0.403 e. The van der Waals surface area contributed by atoms with Gasteiger partial charge in [0.2, 0.25) is 0 Å². The molecule has 0 aromatic rings. The van der Waals surface area contributed by atoms with Gasteiger partial charge >= 0.3 is 0 Å². The van der Waals surface area contributed by atoms with E-state index in [1.165, 1.54) is 37.4 Å². The Labute approximate surface area is 103 Å². The van der Waals surface area contributed by atoms with E-state index in [9.17, 15) is 0 Å². The third-order valence-electron chi connectivity index (χ3n) is 3.58. The Morgan fingerprint density at radius 1 is 1.06 bits per heavy atom. The molecule has 0 fully saturated rings. The number of hydrogen-bond donors (Lipinski definition) is 0. The zero-order valence-corrected chi connectivity index (χ0v) is 12.5. The molecule has 0 aliphatic carbocycles. The molecule has 0 bridgehead atoms. The lowest BCUT2D eigenvalue weighted by Crippen LogP contribution is -2.39. The summed E-state index contributed by atoms with van der Waals surface area (Å²) in [5.74, 6) is 2.83. The average Bonchev–Trinajstić information content (AvgIpc) is 2.34. The van der Waals surface area contributed by atoms with E-state index in [0.717, 1.165) is 6.42 Å². The molecule has 0 heterocycles. The molecule has 0 aliphatic heterocycles. The fourth-order valence-electron chi connectivity index (χ4n) is 2.06. The van der Waals surface area contributed by atoms with Crippen molar-refractivity contribution in [2.45, 2.75) is 77.6 Å². The second kappa shape index (κ2) is 8.84. The molecule has 0 saturated heterocycles. The topological polar surface area (TPSA) is 9.23 Å². The van der Waals surface area contributed by atoms with Gasteiger partial charge in [-0.25, -0.2) is 0 Å².